The lowest BCUT2D eigenvalue weighted by atomic mass is 9.94. The first kappa shape index (κ1) is 18.9. The number of hydrogen-bond acceptors (Lipinski definition) is 3. The Morgan fingerprint density at radius 3 is 2.11 bits per heavy atom. The van der Waals surface area contributed by atoms with Crippen LogP contribution in [0.5, 0.6) is 0 Å². The first-order chi connectivity index (χ1) is 9.13. The topological polar surface area (TPSA) is 32.5 Å². The minimum Gasteiger partial charge on any atom is -0.330 e. The Morgan fingerprint density at radius 2 is 1.58 bits per heavy atom. The molecule has 0 aromatic carbocycles. The molecule has 3 heteroatoms. The standard InChI is InChI=1S/C16H37N3/c1-5-8-16(10-11-17)9-7-13-19(12-6-2)15-14-18(3)4/h16H,5-15,17H2,1-4H3. The maximum atomic E-state index is 5.70. The molecule has 0 aromatic heterocycles. The Kier molecular flexibility index (Phi) is 12.8. The van der Waals surface area contributed by atoms with Crippen molar-refractivity contribution >= 4 is 0 Å². The van der Waals surface area contributed by atoms with Gasteiger partial charge in [-0.05, 0) is 65.3 Å². The maximum Gasteiger partial charge on any atom is 0.0109 e. The Labute approximate surface area is 121 Å². The van der Waals surface area contributed by atoms with Gasteiger partial charge in [-0.1, -0.05) is 26.7 Å². The molecule has 1 atom stereocenters. The van der Waals surface area contributed by atoms with Crippen LogP contribution in [0.4, 0.5) is 0 Å². The number of likely N-dealkylation sites (N-methyl/N-ethyl adjacent to an activating group) is 1. The zero-order valence-corrected chi connectivity index (χ0v) is 13.8. The van der Waals surface area contributed by atoms with Crippen LogP contribution in [0.3, 0.4) is 0 Å². The summed E-state index contributed by atoms with van der Waals surface area (Å²) in [4.78, 5) is 4.89. The van der Waals surface area contributed by atoms with E-state index in [0.717, 1.165) is 12.5 Å². The summed E-state index contributed by atoms with van der Waals surface area (Å²) in [5.74, 6) is 0.854. The largest absolute Gasteiger partial charge is 0.330 e. The molecule has 0 fully saturated rings. The number of nitrogens with two attached hydrogens (primary N) is 1. The molecular formula is C16H37N3. The fourth-order valence-electron chi connectivity index (χ4n) is 2.67. The van der Waals surface area contributed by atoms with Crippen molar-refractivity contribution in [2.75, 3.05) is 46.8 Å². The molecule has 3 nitrogen and oxygen atoms in total. The second-order valence-electron chi connectivity index (χ2n) is 6.02. The van der Waals surface area contributed by atoms with Crippen molar-refractivity contribution in [3.63, 3.8) is 0 Å². The van der Waals surface area contributed by atoms with Crippen molar-refractivity contribution in [2.24, 2.45) is 11.7 Å². The monoisotopic (exact) mass is 271 g/mol. The predicted octanol–water partition coefficient (Wildman–Crippen LogP) is 2.81. The highest BCUT2D eigenvalue weighted by molar-refractivity contribution is 4.64. The molecule has 0 aliphatic carbocycles. The van der Waals surface area contributed by atoms with E-state index in [2.05, 4.69) is 37.7 Å². The first-order valence-electron chi connectivity index (χ1n) is 8.21. The summed E-state index contributed by atoms with van der Waals surface area (Å²) >= 11 is 0. The molecule has 0 amide bonds. The van der Waals surface area contributed by atoms with Crippen molar-refractivity contribution < 1.29 is 0 Å². The van der Waals surface area contributed by atoms with E-state index >= 15 is 0 Å². The van der Waals surface area contributed by atoms with Gasteiger partial charge >= 0.3 is 0 Å². The third kappa shape index (κ3) is 11.4. The molecule has 0 saturated heterocycles. The fourth-order valence-corrected chi connectivity index (χ4v) is 2.67. The average Bonchev–Trinajstić information content (AvgIpc) is 2.36. The highest BCUT2D eigenvalue weighted by Gasteiger charge is 2.09. The second kappa shape index (κ2) is 12.9. The lowest BCUT2D eigenvalue weighted by molar-refractivity contribution is 0.230. The predicted molar refractivity (Wildman–Crippen MR) is 86.6 cm³/mol. The van der Waals surface area contributed by atoms with Crippen LogP contribution in [-0.4, -0.2) is 56.6 Å². The molecule has 1 unspecified atom stereocenters. The summed E-state index contributed by atoms with van der Waals surface area (Å²) in [5.41, 5.74) is 5.70. The molecule has 0 aliphatic rings. The van der Waals surface area contributed by atoms with Gasteiger partial charge in [-0.25, -0.2) is 0 Å². The molecule has 0 aliphatic heterocycles. The van der Waals surface area contributed by atoms with Crippen LogP contribution in [-0.2, 0) is 0 Å². The van der Waals surface area contributed by atoms with E-state index < -0.39 is 0 Å². The van der Waals surface area contributed by atoms with E-state index in [9.17, 15) is 0 Å². The highest BCUT2D eigenvalue weighted by atomic mass is 15.2. The van der Waals surface area contributed by atoms with E-state index in [-0.39, 0.29) is 0 Å². The summed E-state index contributed by atoms with van der Waals surface area (Å²) in [5, 5.41) is 0. The summed E-state index contributed by atoms with van der Waals surface area (Å²) in [7, 11) is 4.31. The molecule has 0 saturated carbocycles. The van der Waals surface area contributed by atoms with E-state index in [0.29, 0.717) is 0 Å². The second-order valence-corrected chi connectivity index (χ2v) is 6.02. The van der Waals surface area contributed by atoms with Crippen molar-refractivity contribution in [3.8, 4) is 0 Å². The number of rotatable bonds is 13. The van der Waals surface area contributed by atoms with Crippen LogP contribution in [0.2, 0.25) is 0 Å². The molecule has 0 aromatic rings. The quantitative estimate of drug-likeness (QED) is 0.559. The highest BCUT2D eigenvalue weighted by Crippen LogP contribution is 2.17. The Balaban J connectivity index is 3.87. The van der Waals surface area contributed by atoms with Crippen molar-refractivity contribution in [1.29, 1.82) is 0 Å². The van der Waals surface area contributed by atoms with Crippen LogP contribution in [0.25, 0.3) is 0 Å². The van der Waals surface area contributed by atoms with Gasteiger partial charge in [0.2, 0.25) is 0 Å². The molecule has 0 rings (SSSR count). The Hall–Kier alpha value is -0.120. The van der Waals surface area contributed by atoms with Gasteiger partial charge in [0, 0.05) is 13.1 Å². The summed E-state index contributed by atoms with van der Waals surface area (Å²) in [6.45, 7) is 10.3. The molecule has 0 radical (unpaired) electrons. The van der Waals surface area contributed by atoms with Crippen molar-refractivity contribution in [1.82, 2.24) is 9.80 Å². The molecular weight excluding hydrogens is 234 g/mol. The van der Waals surface area contributed by atoms with Gasteiger partial charge in [-0.15, -0.1) is 0 Å². The number of nitrogens with zero attached hydrogens (tertiary/aromatic N) is 2. The van der Waals surface area contributed by atoms with Crippen LogP contribution >= 0.6 is 0 Å². The maximum absolute atomic E-state index is 5.70. The lowest BCUT2D eigenvalue weighted by Gasteiger charge is -2.24. The lowest BCUT2D eigenvalue weighted by Crippen LogP contribution is -2.33. The van der Waals surface area contributed by atoms with Crippen LogP contribution in [0.15, 0.2) is 0 Å². The normalized spacial score (nSPS) is 13.4. The Morgan fingerprint density at radius 1 is 0.842 bits per heavy atom. The minimum atomic E-state index is 0.851. The molecule has 0 spiro atoms. The smallest absolute Gasteiger partial charge is 0.0109 e. The molecule has 19 heavy (non-hydrogen) atoms. The first-order valence-corrected chi connectivity index (χ1v) is 8.21. The summed E-state index contributed by atoms with van der Waals surface area (Å²) in [6, 6.07) is 0. The van der Waals surface area contributed by atoms with Gasteiger partial charge in [0.05, 0.1) is 0 Å². The van der Waals surface area contributed by atoms with Crippen molar-refractivity contribution in [3.05, 3.63) is 0 Å². The average molecular weight is 271 g/mol. The van der Waals surface area contributed by atoms with Gasteiger partial charge in [-0.2, -0.15) is 0 Å². The van der Waals surface area contributed by atoms with Crippen LogP contribution in [0, 0.1) is 5.92 Å². The summed E-state index contributed by atoms with van der Waals surface area (Å²) < 4.78 is 0. The zero-order valence-electron chi connectivity index (χ0n) is 13.8. The summed E-state index contributed by atoms with van der Waals surface area (Å²) in [6.07, 6.45) is 7.80. The SMILES string of the molecule is CCCC(CCN)CCCN(CCC)CCN(C)C. The van der Waals surface area contributed by atoms with Gasteiger partial charge in [-0.3, -0.25) is 0 Å². The van der Waals surface area contributed by atoms with E-state index in [4.69, 9.17) is 5.73 Å². The molecule has 2 N–H and O–H groups in total. The van der Waals surface area contributed by atoms with Crippen LogP contribution < -0.4 is 5.73 Å². The fraction of sp³-hybridized carbons (Fsp3) is 1.00. The van der Waals surface area contributed by atoms with E-state index in [1.54, 1.807) is 0 Å². The van der Waals surface area contributed by atoms with Gasteiger partial charge < -0.3 is 15.5 Å². The van der Waals surface area contributed by atoms with E-state index in [1.165, 1.54) is 64.7 Å². The minimum absolute atomic E-state index is 0.851. The van der Waals surface area contributed by atoms with Gasteiger partial charge in [0.1, 0.15) is 0 Å². The molecule has 116 valence electrons. The molecule has 0 heterocycles. The van der Waals surface area contributed by atoms with Gasteiger partial charge in [0.15, 0.2) is 0 Å². The molecule has 0 bridgehead atoms. The number of hydrogen-bond donors (Lipinski definition) is 1. The zero-order chi connectivity index (χ0) is 14.5. The Bertz CT molecular complexity index is 177. The third-order valence-corrected chi connectivity index (χ3v) is 3.76. The third-order valence-electron chi connectivity index (χ3n) is 3.76. The van der Waals surface area contributed by atoms with Crippen molar-refractivity contribution in [2.45, 2.75) is 52.4 Å². The van der Waals surface area contributed by atoms with Gasteiger partial charge in [0.25, 0.3) is 0 Å². The van der Waals surface area contributed by atoms with Crippen LogP contribution in [0.1, 0.15) is 52.4 Å². The van der Waals surface area contributed by atoms with E-state index in [1.807, 2.05) is 0 Å².